The number of fused-ring (bicyclic) bond motifs is 1. The lowest BCUT2D eigenvalue weighted by molar-refractivity contribution is -0.166. The second-order valence-corrected chi connectivity index (χ2v) is 8.70. The molecule has 0 spiro atoms. The molecule has 2 aliphatic heterocycles. The monoisotopic (exact) mass is 417 g/mol. The smallest absolute Gasteiger partial charge is 0.242 e. The summed E-state index contributed by atoms with van der Waals surface area (Å²) < 4.78 is 0. The predicted molar refractivity (Wildman–Crippen MR) is 117 cm³/mol. The van der Waals surface area contributed by atoms with Gasteiger partial charge in [-0.15, -0.1) is 0 Å². The fourth-order valence-corrected chi connectivity index (χ4v) is 5.33. The van der Waals surface area contributed by atoms with Crippen molar-refractivity contribution < 1.29 is 14.7 Å². The maximum absolute atomic E-state index is 12.8. The van der Waals surface area contributed by atoms with Gasteiger partial charge in [0.1, 0.15) is 0 Å². The molecule has 1 N–H and O–H groups in total. The number of piperazine rings is 1. The van der Waals surface area contributed by atoms with E-state index in [1.807, 2.05) is 12.1 Å². The standard InChI is InChI=1S/C25H27N3O3/c29-16-22-25(20-9-7-19(8-10-20)18-5-1-2-6-18)21-14-27(15-24(31)28(21)22)23(30)12-17-4-3-11-26-13-17/h3-5,7-11,13,21-22,25,29H,1-2,6,12,14-16H2/t21-,22-,25+/m0/s1. The van der Waals surface area contributed by atoms with Crippen LogP contribution in [0.4, 0.5) is 0 Å². The molecule has 1 aromatic carbocycles. The van der Waals surface area contributed by atoms with Crippen LogP contribution in [-0.2, 0) is 16.0 Å². The molecule has 6 heteroatoms. The second-order valence-electron chi connectivity index (χ2n) is 8.70. The van der Waals surface area contributed by atoms with E-state index in [0.29, 0.717) is 6.54 Å². The van der Waals surface area contributed by atoms with Gasteiger partial charge in [-0.25, -0.2) is 0 Å². The number of aliphatic hydroxyl groups is 1. The molecule has 3 heterocycles. The summed E-state index contributed by atoms with van der Waals surface area (Å²) in [5.41, 5.74) is 4.63. The zero-order chi connectivity index (χ0) is 21.4. The molecule has 3 atom stereocenters. The average Bonchev–Trinajstić information content (AvgIpc) is 3.31. The Labute approximate surface area is 182 Å². The van der Waals surface area contributed by atoms with Gasteiger partial charge in [0.15, 0.2) is 0 Å². The summed E-state index contributed by atoms with van der Waals surface area (Å²) in [4.78, 5) is 33.2. The van der Waals surface area contributed by atoms with E-state index < -0.39 is 0 Å². The first-order valence-corrected chi connectivity index (χ1v) is 11.0. The number of carbonyl (C=O) groups excluding carboxylic acids is 2. The van der Waals surface area contributed by atoms with Crippen molar-refractivity contribution in [1.82, 2.24) is 14.8 Å². The van der Waals surface area contributed by atoms with Gasteiger partial charge in [-0.1, -0.05) is 36.4 Å². The predicted octanol–water partition coefficient (Wildman–Crippen LogP) is 2.39. The van der Waals surface area contributed by atoms with Crippen LogP contribution in [0, 0.1) is 0 Å². The highest BCUT2D eigenvalue weighted by Crippen LogP contribution is 2.43. The number of aromatic nitrogens is 1. The van der Waals surface area contributed by atoms with E-state index in [0.717, 1.165) is 24.0 Å². The molecule has 1 aliphatic carbocycles. The van der Waals surface area contributed by atoms with Crippen LogP contribution in [0.3, 0.4) is 0 Å². The highest BCUT2D eigenvalue weighted by atomic mass is 16.3. The number of amides is 2. The summed E-state index contributed by atoms with van der Waals surface area (Å²) in [6.45, 7) is 0.508. The molecular weight excluding hydrogens is 390 g/mol. The van der Waals surface area contributed by atoms with Gasteiger partial charge in [0.25, 0.3) is 0 Å². The first-order chi connectivity index (χ1) is 15.2. The molecule has 2 saturated heterocycles. The summed E-state index contributed by atoms with van der Waals surface area (Å²) in [6, 6.07) is 11.9. The minimum absolute atomic E-state index is 0.0366. The number of allylic oxidation sites excluding steroid dienone is 2. The van der Waals surface area contributed by atoms with E-state index in [1.54, 1.807) is 22.2 Å². The van der Waals surface area contributed by atoms with E-state index in [9.17, 15) is 14.7 Å². The van der Waals surface area contributed by atoms with Crippen LogP contribution >= 0.6 is 0 Å². The lowest BCUT2D eigenvalue weighted by Crippen LogP contribution is -2.73. The van der Waals surface area contributed by atoms with Crippen molar-refractivity contribution in [3.63, 3.8) is 0 Å². The fraction of sp³-hybridized carbons (Fsp3) is 0.400. The normalized spacial score (nSPS) is 25.1. The van der Waals surface area contributed by atoms with Gasteiger partial charge < -0.3 is 14.9 Å². The first-order valence-electron chi connectivity index (χ1n) is 11.0. The quantitative estimate of drug-likeness (QED) is 0.811. The van der Waals surface area contributed by atoms with Gasteiger partial charge in [-0.05, 0) is 47.6 Å². The number of hydrogen-bond donors (Lipinski definition) is 1. The Hall–Kier alpha value is -2.99. The zero-order valence-electron chi connectivity index (χ0n) is 17.5. The Morgan fingerprint density at radius 3 is 2.71 bits per heavy atom. The summed E-state index contributed by atoms with van der Waals surface area (Å²) >= 11 is 0. The van der Waals surface area contributed by atoms with Crippen LogP contribution in [0.15, 0.2) is 54.9 Å². The molecular formula is C25H27N3O3. The number of nitrogens with zero attached hydrogens (tertiary/aromatic N) is 3. The van der Waals surface area contributed by atoms with Gasteiger partial charge in [-0.3, -0.25) is 14.6 Å². The van der Waals surface area contributed by atoms with Crippen LogP contribution in [0.2, 0.25) is 0 Å². The minimum atomic E-state index is -0.218. The molecule has 0 saturated carbocycles. The molecule has 3 aliphatic rings. The highest BCUT2D eigenvalue weighted by Gasteiger charge is 2.54. The number of aliphatic hydroxyl groups excluding tert-OH is 1. The molecule has 0 bridgehead atoms. The van der Waals surface area contributed by atoms with Crippen LogP contribution in [0.5, 0.6) is 0 Å². The van der Waals surface area contributed by atoms with Crippen molar-refractivity contribution in [3.8, 4) is 0 Å². The molecule has 0 unspecified atom stereocenters. The Bertz CT molecular complexity index is 1000. The van der Waals surface area contributed by atoms with E-state index in [4.69, 9.17) is 0 Å². The van der Waals surface area contributed by atoms with Gasteiger partial charge >= 0.3 is 0 Å². The molecule has 2 aromatic rings. The lowest BCUT2D eigenvalue weighted by Gasteiger charge is -2.58. The van der Waals surface area contributed by atoms with E-state index in [2.05, 4.69) is 35.3 Å². The van der Waals surface area contributed by atoms with Crippen LogP contribution < -0.4 is 0 Å². The molecule has 1 aromatic heterocycles. The number of carbonyl (C=O) groups is 2. The summed E-state index contributed by atoms with van der Waals surface area (Å²) in [5, 5.41) is 9.98. The molecule has 6 nitrogen and oxygen atoms in total. The minimum Gasteiger partial charge on any atom is -0.394 e. The summed E-state index contributed by atoms with van der Waals surface area (Å²) in [7, 11) is 0. The Kier molecular flexibility index (Phi) is 5.32. The van der Waals surface area contributed by atoms with Crippen LogP contribution in [0.25, 0.3) is 5.57 Å². The Morgan fingerprint density at radius 1 is 1.19 bits per heavy atom. The molecule has 160 valence electrons. The molecule has 2 amide bonds. The Balaban J connectivity index is 1.33. The van der Waals surface area contributed by atoms with Crippen molar-refractivity contribution in [1.29, 1.82) is 0 Å². The van der Waals surface area contributed by atoms with Crippen LogP contribution in [-0.4, -0.2) is 63.5 Å². The van der Waals surface area contributed by atoms with Gasteiger partial charge in [0.2, 0.25) is 11.8 Å². The van der Waals surface area contributed by atoms with Crippen LogP contribution in [0.1, 0.15) is 41.9 Å². The van der Waals surface area contributed by atoms with Gasteiger partial charge in [0, 0.05) is 24.9 Å². The van der Waals surface area contributed by atoms with Crippen molar-refractivity contribution in [2.24, 2.45) is 0 Å². The lowest BCUT2D eigenvalue weighted by atomic mass is 9.73. The molecule has 2 fully saturated rings. The number of benzene rings is 1. The summed E-state index contributed by atoms with van der Waals surface area (Å²) in [5.74, 6) is -0.107. The van der Waals surface area contributed by atoms with E-state index >= 15 is 0 Å². The largest absolute Gasteiger partial charge is 0.394 e. The first kappa shape index (κ1) is 19.9. The molecule has 0 radical (unpaired) electrons. The maximum Gasteiger partial charge on any atom is 0.242 e. The zero-order valence-corrected chi connectivity index (χ0v) is 17.5. The third kappa shape index (κ3) is 3.65. The topological polar surface area (TPSA) is 73.7 Å². The van der Waals surface area contributed by atoms with Crippen molar-refractivity contribution in [2.75, 3.05) is 19.7 Å². The summed E-state index contributed by atoms with van der Waals surface area (Å²) in [6.07, 6.45) is 9.40. The SMILES string of the molecule is O=C(Cc1cccnc1)N1CC(=O)N2[C@@H](CO)[C@H](c3ccc(C4=CCCC4)cc3)[C@@H]2C1. The van der Waals surface area contributed by atoms with Gasteiger partial charge in [-0.2, -0.15) is 0 Å². The average molecular weight is 418 g/mol. The molecule has 31 heavy (non-hydrogen) atoms. The molecule has 5 rings (SSSR count). The van der Waals surface area contributed by atoms with Gasteiger partial charge in [0.05, 0.1) is 31.7 Å². The van der Waals surface area contributed by atoms with E-state index in [1.165, 1.54) is 17.6 Å². The van der Waals surface area contributed by atoms with Crippen molar-refractivity contribution in [3.05, 3.63) is 71.6 Å². The van der Waals surface area contributed by atoms with Crippen molar-refractivity contribution >= 4 is 17.4 Å². The number of pyridine rings is 1. The maximum atomic E-state index is 12.8. The number of hydrogen-bond acceptors (Lipinski definition) is 4. The highest BCUT2D eigenvalue weighted by molar-refractivity contribution is 5.88. The van der Waals surface area contributed by atoms with E-state index in [-0.39, 0.29) is 49.4 Å². The number of rotatable bonds is 5. The third-order valence-electron chi connectivity index (χ3n) is 6.89. The second kappa shape index (κ2) is 8.27. The fourth-order valence-electron chi connectivity index (χ4n) is 5.33. The Morgan fingerprint density at radius 2 is 2.03 bits per heavy atom. The third-order valence-corrected chi connectivity index (χ3v) is 6.89. The van der Waals surface area contributed by atoms with Crippen molar-refractivity contribution in [2.45, 2.75) is 43.7 Å².